The molecule has 3 aliphatic heterocycles. The van der Waals surface area contributed by atoms with Crippen LogP contribution < -0.4 is 20.4 Å². The van der Waals surface area contributed by atoms with Crippen molar-refractivity contribution in [2.75, 3.05) is 62.2 Å². The summed E-state index contributed by atoms with van der Waals surface area (Å²) >= 11 is 0. The monoisotopic (exact) mass is 402 g/mol. The molecule has 0 radical (unpaired) electrons. The van der Waals surface area contributed by atoms with Crippen molar-refractivity contribution in [2.45, 2.75) is 12.8 Å². The van der Waals surface area contributed by atoms with Crippen molar-refractivity contribution in [3.63, 3.8) is 0 Å². The molecule has 0 saturated carbocycles. The molecule has 2 aromatic rings. The van der Waals surface area contributed by atoms with E-state index in [1.807, 2.05) is 0 Å². The summed E-state index contributed by atoms with van der Waals surface area (Å²) in [7, 11) is 0. The van der Waals surface area contributed by atoms with Crippen LogP contribution in [0.5, 0.6) is 0 Å². The Morgan fingerprint density at radius 2 is 0.967 bits per heavy atom. The lowest BCUT2D eigenvalue weighted by Crippen LogP contribution is -2.46. The number of piperazine rings is 1. The summed E-state index contributed by atoms with van der Waals surface area (Å²) in [5, 5.41) is 6.80. The first-order chi connectivity index (χ1) is 14.9. The first-order valence-corrected chi connectivity index (χ1v) is 11.1. The van der Waals surface area contributed by atoms with Crippen molar-refractivity contribution in [3.8, 4) is 0 Å². The molecule has 0 bridgehead atoms. The van der Waals surface area contributed by atoms with Crippen LogP contribution in [0.15, 0.2) is 58.5 Å². The highest BCUT2D eigenvalue weighted by Gasteiger charge is 2.18. The second-order valence-electron chi connectivity index (χ2n) is 8.09. The van der Waals surface area contributed by atoms with E-state index in [-0.39, 0.29) is 0 Å². The van der Waals surface area contributed by atoms with Gasteiger partial charge < -0.3 is 20.4 Å². The Bertz CT molecular complexity index is 830. The minimum atomic E-state index is 0.928. The number of aliphatic imine (C=N–C) groups is 2. The second kappa shape index (κ2) is 8.78. The first-order valence-electron chi connectivity index (χ1n) is 11.1. The molecule has 0 aliphatic carbocycles. The lowest BCUT2D eigenvalue weighted by atomic mass is 10.1. The molecular weight excluding hydrogens is 372 g/mol. The van der Waals surface area contributed by atoms with E-state index in [9.17, 15) is 0 Å². The van der Waals surface area contributed by atoms with Crippen molar-refractivity contribution < 1.29 is 0 Å². The van der Waals surface area contributed by atoms with Gasteiger partial charge in [-0.1, -0.05) is 0 Å². The normalized spacial score (nSPS) is 19.5. The molecule has 2 N–H and O–H groups in total. The molecule has 156 valence electrons. The van der Waals surface area contributed by atoms with Crippen molar-refractivity contribution >= 4 is 23.0 Å². The van der Waals surface area contributed by atoms with Gasteiger partial charge in [-0.2, -0.15) is 0 Å². The molecule has 1 saturated heterocycles. The predicted molar refractivity (Wildman–Crippen MR) is 125 cm³/mol. The fourth-order valence-corrected chi connectivity index (χ4v) is 4.33. The molecule has 0 aromatic heterocycles. The Labute approximate surface area is 178 Å². The van der Waals surface area contributed by atoms with Gasteiger partial charge in [0.15, 0.2) is 0 Å². The van der Waals surface area contributed by atoms with Crippen molar-refractivity contribution in [2.24, 2.45) is 9.98 Å². The van der Waals surface area contributed by atoms with Gasteiger partial charge in [0, 0.05) is 74.9 Å². The average Bonchev–Trinajstić information content (AvgIpc) is 2.85. The summed E-state index contributed by atoms with van der Waals surface area (Å²) < 4.78 is 0. The maximum absolute atomic E-state index is 4.60. The van der Waals surface area contributed by atoms with Crippen molar-refractivity contribution in [1.82, 2.24) is 10.6 Å². The minimum Gasteiger partial charge on any atom is -0.370 e. The van der Waals surface area contributed by atoms with E-state index in [2.05, 4.69) is 78.9 Å². The van der Waals surface area contributed by atoms with Crippen LogP contribution in [0.25, 0.3) is 0 Å². The molecule has 0 amide bonds. The fourth-order valence-electron chi connectivity index (χ4n) is 4.33. The lowest BCUT2D eigenvalue weighted by molar-refractivity contribution is 0.653. The van der Waals surface area contributed by atoms with Crippen LogP contribution in [-0.2, 0) is 0 Å². The van der Waals surface area contributed by atoms with Crippen LogP contribution in [0.2, 0.25) is 0 Å². The third-order valence-corrected chi connectivity index (χ3v) is 6.09. The molecule has 0 atom stereocenters. The van der Waals surface area contributed by atoms with E-state index in [0.29, 0.717) is 0 Å². The van der Waals surface area contributed by atoms with Crippen LogP contribution in [0.3, 0.4) is 0 Å². The van der Waals surface area contributed by atoms with E-state index in [4.69, 9.17) is 0 Å². The van der Waals surface area contributed by atoms with Crippen LogP contribution in [-0.4, -0.2) is 64.0 Å². The number of benzene rings is 2. The number of hydrogen-bond acceptors (Lipinski definition) is 6. The van der Waals surface area contributed by atoms with Gasteiger partial charge in [0.05, 0.1) is 0 Å². The SMILES string of the molecule is c1cc(N2CCN(c3ccc(C4=NCCCN4)cc3)CC2)ccc1C1=NCCCN1. The van der Waals surface area contributed by atoms with Crippen molar-refractivity contribution in [1.29, 1.82) is 0 Å². The van der Waals surface area contributed by atoms with E-state index in [1.54, 1.807) is 0 Å². The standard InChI is InChI=1S/C24H30N6/c1-11-25-23(26-12-1)19-3-7-21(8-4-19)29-15-17-30(18-16-29)22-9-5-20(6-10-22)24-27-13-2-14-28-24/h3-10H,1-2,11-18H2,(H,25,26)(H,27,28). The van der Waals surface area contributed by atoms with Gasteiger partial charge in [0.25, 0.3) is 0 Å². The quantitative estimate of drug-likeness (QED) is 0.825. The lowest BCUT2D eigenvalue weighted by Gasteiger charge is -2.37. The summed E-state index contributed by atoms with van der Waals surface area (Å²) in [5.41, 5.74) is 4.97. The Morgan fingerprint density at radius 1 is 0.567 bits per heavy atom. The summed E-state index contributed by atoms with van der Waals surface area (Å²) in [6.07, 6.45) is 2.25. The smallest absolute Gasteiger partial charge is 0.128 e. The zero-order chi connectivity index (χ0) is 20.2. The molecule has 5 rings (SSSR count). The molecule has 0 unspecified atom stereocenters. The van der Waals surface area contributed by atoms with E-state index in [1.165, 1.54) is 22.5 Å². The average molecular weight is 403 g/mol. The van der Waals surface area contributed by atoms with Crippen molar-refractivity contribution in [3.05, 3.63) is 59.7 Å². The summed E-state index contributed by atoms with van der Waals surface area (Å²) in [6.45, 7) is 8.05. The number of nitrogens with one attached hydrogen (secondary N) is 2. The van der Waals surface area contributed by atoms with Gasteiger partial charge >= 0.3 is 0 Å². The Kier molecular flexibility index (Phi) is 5.55. The van der Waals surface area contributed by atoms with Gasteiger partial charge in [-0.15, -0.1) is 0 Å². The molecular formula is C24H30N6. The van der Waals surface area contributed by atoms with Gasteiger partial charge in [-0.25, -0.2) is 0 Å². The van der Waals surface area contributed by atoms with Crippen LogP contribution in [0.1, 0.15) is 24.0 Å². The highest BCUT2D eigenvalue weighted by molar-refractivity contribution is 6.00. The minimum absolute atomic E-state index is 0.928. The summed E-state index contributed by atoms with van der Waals surface area (Å²) in [6, 6.07) is 17.7. The Morgan fingerprint density at radius 3 is 1.30 bits per heavy atom. The Hall–Kier alpha value is -3.02. The van der Waals surface area contributed by atoms with Crippen LogP contribution in [0.4, 0.5) is 11.4 Å². The summed E-state index contributed by atoms with van der Waals surface area (Å²) in [4.78, 5) is 14.1. The van der Waals surface area contributed by atoms with E-state index in [0.717, 1.165) is 76.9 Å². The molecule has 3 aliphatic rings. The van der Waals surface area contributed by atoms with Gasteiger partial charge in [0.1, 0.15) is 11.7 Å². The second-order valence-corrected chi connectivity index (χ2v) is 8.09. The molecule has 1 fully saturated rings. The summed E-state index contributed by atoms with van der Waals surface area (Å²) in [5.74, 6) is 2.07. The molecule has 30 heavy (non-hydrogen) atoms. The van der Waals surface area contributed by atoms with Gasteiger partial charge in [-0.05, 0) is 61.4 Å². The van der Waals surface area contributed by atoms with Crippen LogP contribution >= 0.6 is 0 Å². The zero-order valence-corrected chi connectivity index (χ0v) is 17.5. The number of amidine groups is 2. The zero-order valence-electron chi connectivity index (χ0n) is 17.5. The number of hydrogen-bond donors (Lipinski definition) is 2. The highest BCUT2D eigenvalue weighted by atomic mass is 15.3. The Balaban J connectivity index is 1.19. The van der Waals surface area contributed by atoms with Gasteiger partial charge in [-0.3, -0.25) is 9.98 Å². The highest BCUT2D eigenvalue weighted by Crippen LogP contribution is 2.22. The number of rotatable bonds is 4. The van der Waals surface area contributed by atoms with Crippen LogP contribution in [0, 0.1) is 0 Å². The fraction of sp³-hybridized carbons (Fsp3) is 0.417. The van der Waals surface area contributed by atoms with E-state index < -0.39 is 0 Å². The molecule has 6 heteroatoms. The largest absolute Gasteiger partial charge is 0.370 e. The predicted octanol–water partition coefficient (Wildman–Crippen LogP) is 2.49. The van der Waals surface area contributed by atoms with E-state index >= 15 is 0 Å². The number of anilines is 2. The number of nitrogens with zero attached hydrogens (tertiary/aromatic N) is 4. The maximum Gasteiger partial charge on any atom is 0.128 e. The third-order valence-electron chi connectivity index (χ3n) is 6.09. The molecule has 0 spiro atoms. The molecule has 2 aromatic carbocycles. The third kappa shape index (κ3) is 4.13. The first kappa shape index (κ1) is 19.0. The molecule has 6 nitrogen and oxygen atoms in total. The van der Waals surface area contributed by atoms with Gasteiger partial charge in [0.2, 0.25) is 0 Å². The molecule has 3 heterocycles. The maximum atomic E-state index is 4.60. The topological polar surface area (TPSA) is 55.3 Å².